The molecule has 14 heteroatoms. The van der Waals surface area contributed by atoms with Crippen LogP contribution >= 0.6 is 0 Å². The van der Waals surface area contributed by atoms with Gasteiger partial charge in [-0.25, -0.2) is 4.39 Å². The van der Waals surface area contributed by atoms with E-state index in [1.165, 1.54) is 18.3 Å². The minimum atomic E-state index is -0.662. The molecule has 3 aromatic heterocycles. The third-order valence-corrected chi connectivity index (χ3v) is 9.41. The molecule has 1 aliphatic heterocycles. The number of fused-ring (bicyclic) bond motifs is 4. The number of carbonyl (C=O) groups excluding carboxylic acids is 1. The smallest absolute Gasteiger partial charge is 0.273 e. The molecule has 3 aromatic carbocycles. The van der Waals surface area contributed by atoms with Gasteiger partial charge in [-0.3, -0.25) is 19.7 Å². The summed E-state index contributed by atoms with van der Waals surface area (Å²) in [6, 6.07) is 9.17. The highest BCUT2D eigenvalue weighted by atomic mass is 19.1. The summed E-state index contributed by atoms with van der Waals surface area (Å²) in [4.78, 5) is 45.7. The monoisotopic (exact) mass is 671 g/mol. The van der Waals surface area contributed by atoms with E-state index in [0.29, 0.717) is 52.4 Å². The SMILES string of the molecule is CN(C)CCCCNC(=O)c1cn2c3cc4oc5cc([N+](=O)[O-])ccc5[nH]c4cc3oc3c(NCCC4CCCN4C)c(F)cc(c1=O)c32. The molecule has 0 aliphatic carbocycles. The highest BCUT2D eigenvalue weighted by Crippen LogP contribution is 2.36. The van der Waals surface area contributed by atoms with Crippen LogP contribution in [0.2, 0.25) is 0 Å². The molecule has 0 spiro atoms. The van der Waals surface area contributed by atoms with Gasteiger partial charge >= 0.3 is 0 Å². The number of nitro groups is 1. The molecule has 0 bridgehead atoms. The lowest BCUT2D eigenvalue weighted by Crippen LogP contribution is -2.30. The second kappa shape index (κ2) is 13.0. The van der Waals surface area contributed by atoms with Crippen LogP contribution in [0, 0.1) is 15.9 Å². The highest BCUT2D eigenvalue weighted by molar-refractivity contribution is 6.06. The van der Waals surface area contributed by atoms with Crippen LogP contribution in [0.4, 0.5) is 15.8 Å². The second-order valence-corrected chi connectivity index (χ2v) is 13.0. The molecule has 49 heavy (non-hydrogen) atoms. The molecule has 1 saturated heterocycles. The lowest BCUT2D eigenvalue weighted by atomic mass is 10.1. The lowest BCUT2D eigenvalue weighted by Gasteiger charge is -2.20. The first-order chi connectivity index (χ1) is 23.6. The number of hydrogen-bond donors (Lipinski definition) is 3. The second-order valence-electron chi connectivity index (χ2n) is 13.0. The number of aromatic nitrogens is 2. The standard InChI is InChI=1S/C35H38FN7O6/c1-40(2)13-5-4-11-38-35(45)23-19-42-27-18-29-26(39-25-9-8-21(43(46)47)15-28(25)48-29)17-30(27)49-34-31(24(36)16-22(32(34)42)33(23)44)37-12-10-20-7-6-14-41(20)3/h8-9,15-20,37,39H,4-7,10-14H2,1-3H3,(H,38,45). The van der Waals surface area contributed by atoms with Crippen molar-refractivity contribution in [1.82, 2.24) is 24.5 Å². The van der Waals surface area contributed by atoms with Gasteiger partial charge in [0.1, 0.15) is 16.8 Å². The Morgan fingerprint density at radius 1 is 1.10 bits per heavy atom. The van der Waals surface area contributed by atoms with Gasteiger partial charge in [-0.05, 0) is 78.5 Å². The zero-order valence-corrected chi connectivity index (χ0v) is 27.6. The van der Waals surface area contributed by atoms with Crippen molar-refractivity contribution in [2.24, 2.45) is 0 Å². The summed E-state index contributed by atoms with van der Waals surface area (Å²) in [6.07, 6.45) is 6.05. The number of likely N-dealkylation sites (tertiary alicyclic amines) is 1. The van der Waals surface area contributed by atoms with Crippen LogP contribution in [0.25, 0.3) is 49.8 Å². The van der Waals surface area contributed by atoms with Crippen LogP contribution in [-0.4, -0.2) is 83.4 Å². The minimum absolute atomic E-state index is 0.00258. The van der Waals surface area contributed by atoms with Crippen molar-refractivity contribution >= 4 is 67.1 Å². The Labute approximate surface area is 279 Å². The predicted molar refractivity (Wildman–Crippen MR) is 187 cm³/mol. The summed E-state index contributed by atoms with van der Waals surface area (Å²) in [5, 5.41) is 17.5. The molecule has 0 saturated carbocycles. The molecule has 4 heterocycles. The number of H-pyrrole nitrogens is 1. The number of carbonyl (C=O) groups is 1. The van der Waals surface area contributed by atoms with E-state index >= 15 is 4.39 Å². The minimum Gasteiger partial charge on any atom is -0.453 e. The van der Waals surface area contributed by atoms with Crippen LogP contribution in [0.5, 0.6) is 0 Å². The van der Waals surface area contributed by atoms with E-state index < -0.39 is 22.1 Å². The number of benzene rings is 3. The molecule has 1 amide bonds. The first-order valence-electron chi connectivity index (χ1n) is 16.5. The number of nitrogens with one attached hydrogen (secondary N) is 3. The van der Waals surface area contributed by atoms with Gasteiger partial charge in [0.25, 0.3) is 11.6 Å². The van der Waals surface area contributed by atoms with E-state index in [-0.39, 0.29) is 33.5 Å². The van der Waals surface area contributed by atoms with Gasteiger partial charge in [-0.15, -0.1) is 0 Å². The Morgan fingerprint density at radius 3 is 2.67 bits per heavy atom. The number of aromatic amines is 1. The Bertz CT molecular complexity index is 2340. The summed E-state index contributed by atoms with van der Waals surface area (Å²) in [6.45, 7) is 2.76. The quantitative estimate of drug-likeness (QED) is 0.0494. The molecule has 256 valence electrons. The molecule has 1 fully saturated rings. The van der Waals surface area contributed by atoms with Crippen molar-refractivity contribution in [3.05, 3.63) is 74.3 Å². The molecule has 7 rings (SSSR count). The first kappa shape index (κ1) is 32.3. The van der Waals surface area contributed by atoms with Crippen LogP contribution in [-0.2, 0) is 0 Å². The molecule has 1 unspecified atom stereocenters. The van der Waals surface area contributed by atoms with Gasteiger partial charge in [0.05, 0.1) is 32.9 Å². The third kappa shape index (κ3) is 6.13. The normalized spacial score (nSPS) is 15.4. The van der Waals surface area contributed by atoms with Gasteiger partial charge in [0, 0.05) is 43.5 Å². The number of rotatable bonds is 11. The van der Waals surface area contributed by atoms with Gasteiger partial charge in [-0.2, -0.15) is 0 Å². The van der Waals surface area contributed by atoms with Crippen LogP contribution < -0.4 is 16.1 Å². The highest BCUT2D eigenvalue weighted by Gasteiger charge is 2.25. The van der Waals surface area contributed by atoms with Crippen LogP contribution in [0.1, 0.15) is 42.5 Å². The van der Waals surface area contributed by atoms with Gasteiger partial charge in [0.15, 0.2) is 28.1 Å². The number of unbranched alkanes of at least 4 members (excludes halogenated alkanes) is 1. The Kier molecular flexibility index (Phi) is 8.59. The van der Waals surface area contributed by atoms with Crippen molar-refractivity contribution in [2.45, 2.75) is 38.1 Å². The fourth-order valence-corrected chi connectivity index (χ4v) is 6.79. The molecule has 1 atom stereocenters. The largest absolute Gasteiger partial charge is 0.453 e. The molecule has 1 aliphatic rings. The first-order valence-corrected chi connectivity index (χ1v) is 16.5. The summed E-state index contributed by atoms with van der Waals surface area (Å²) in [7, 11) is 6.04. The van der Waals surface area contributed by atoms with Gasteiger partial charge in [0.2, 0.25) is 5.43 Å². The summed E-state index contributed by atoms with van der Waals surface area (Å²) in [5.74, 6) is -1.22. The van der Waals surface area contributed by atoms with Crippen LogP contribution in [0.15, 0.2) is 56.2 Å². The zero-order valence-electron chi connectivity index (χ0n) is 27.6. The zero-order chi connectivity index (χ0) is 34.4. The Hall–Kier alpha value is -5.21. The maximum Gasteiger partial charge on any atom is 0.273 e. The average molecular weight is 672 g/mol. The van der Waals surface area contributed by atoms with Crippen molar-refractivity contribution in [2.75, 3.05) is 52.6 Å². The van der Waals surface area contributed by atoms with E-state index in [0.717, 1.165) is 51.3 Å². The maximum absolute atomic E-state index is 16.0. The van der Waals surface area contributed by atoms with Gasteiger partial charge < -0.3 is 38.7 Å². The molecular weight excluding hydrogens is 633 g/mol. The molecular formula is C35H38FN7O6. The number of anilines is 1. The number of non-ortho nitro benzene ring substituents is 1. The fourth-order valence-electron chi connectivity index (χ4n) is 6.79. The third-order valence-electron chi connectivity index (χ3n) is 9.41. The maximum atomic E-state index is 16.0. The summed E-state index contributed by atoms with van der Waals surface area (Å²) < 4.78 is 30.2. The van der Waals surface area contributed by atoms with Crippen LogP contribution in [0.3, 0.4) is 0 Å². The molecule has 0 radical (unpaired) electrons. The molecule has 6 aromatic rings. The Balaban J connectivity index is 1.39. The van der Waals surface area contributed by atoms with Crippen molar-refractivity contribution in [3.63, 3.8) is 0 Å². The average Bonchev–Trinajstić information content (AvgIpc) is 3.48. The van der Waals surface area contributed by atoms with E-state index in [1.807, 2.05) is 14.1 Å². The topological polar surface area (TPSA) is 154 Å². The number of pyridine rings is 1. The number of amides is 1. The van der Waals surface area contributed by atoms with E-state index in [1.54, 1.807) is 22.6 Å². The van der Waals surface area contributed by atoms with E-state index in [9.17, 15) is 19.7 Å². The van der Waals surface area contributed by atoms with Crippen molar-refractivity contribution in [3.8, 4) is 0 Å². The Morgan fingerprint density at radius 2 is 1.92 bits per heavy atom. The lowest BCUT2D eigenvalue weighted by molar-refractivity contribution is -0.384. The van der Waals surface area contributed by atoms with Gasteiger partial charge in [-0.1, -0.05) is 0 Å². The van der Waals surface area contributed by atoms with Crippen molar-refractivity contribution in [1.29, 1.82) is 0 Å². The number of nitro benzene ring substituents is 1. The summed E-state index contributed by atoms with van der Waals surface area (Å²) in [5.41, 5.74) is 2.13. The fraction of sp³-hybridized carbons (Fsp3) is 0.371. The molecule has 3 N–H and O–H groups in total. The number of halogens is 1. The molecule has 13 nitrogen and oxygen atoms in total. The number of hydrogen-bond acceptors (Lipinski definition) is 9. The van der Waals surface area contributed by atoms with Crippen molar-refractivity contribution < 1.29 is 22.9 Å². The van der Waals surface area contributed by atoms with E-state index in [2.05, 4.69) is 32.5 Å². The number of nitrogens with zero attached hydrogens (tertiary/aromatic N) is 4. The van der Waals surface area contributed by atoms with E-state index in [4.69, 9.17) is 8.83 Å². The predicted octanol–water partition coefficient (Wildman–Crippen LogP) is 6.00. The summed E-state index contributed by atoms with van der Waals surface area (Å²) >= 11 is 0.